The number of anilines is 1. The zero-order chi connectivity index (χ0) is 14.1. The van der Waals surface area contributed by atoms with Crippen LogP contribution in [0.1, 0.15) is 37.0 Å². The van der Waals surface area contributed by atoms with E-state index in [1.54, 1.807) is 11.3 Å². The van der Waals surface area contributed by atoms with Crippen molar-refractivity contribution in [2.24, 2.45) is 5.92 Å². The lowest BCUT2D eigenvalue weighted by molar-refractivity contribution is -0.139. The molecule has 110 valence electrons. The van der Waals surface area contributed by atoms with E-state index in [1.165, 1.54) is 11.3 Å². The summed E-state index contributed by atoms with van der Waals surface area (Å²) in [6, 6.07) is 0.417. The molecule has 0 unspecified atom stereocenters. The van der Waals surface area contributed by atoms with Crippen molar-refractivity contribution in [2.45, 2.75) is 45.1 Å². The number of rotatable bonds is 3. The fraction of sp³-hybridized carbons (Fsp3) is 0.733. The van der Waals surface area contributed by atoms with Gasteiger partial charge in [-0.15, -0.1) is 11.3 Å². The van der Waals surface area contributed by atoms with E-state index in [-0.39, 0.29) is 0 Å². The summed E-state index contributed by atoms with van der Waals surface area (Å²) in [6.45, 7) is 4.12. The van der Waals surface area contributed by atoms with Crippen LogP contribution >= 0.6 is 11.3 Å². The van der Waals surface area contributed by atoms with E-state index in [4.69, 9.17) is 0 Å². The maximum atomic E-state index is 12.3. The van der Waals surface area contributed by atoms with Crippen LogP contribution in [0.4, 0.5) is 5.13 Å². The molecule has 0 atom stereocenters. The molecule has 1 aliphatic heterocycles. The van der Waals surface area contributed by atoms with E-state index >= 15 is 0 Å². The van der Waals surface area contributed by atoms with E-state index in [1.807, 2.05) is 18.1 Å². The number of thiazole rings is 1. The standard InChI is InChI=1S/C15H23N3OS/c1-11-10-16-15(20-11)18-8-6-13(7-9-18)17(2)14(19)12-4-3-5-12/h10,12-13H,3-9H2,1-2H3. The number of hydrogen-bond donors (Lipinski definition) is 0. The molecule has 2 heterocycles. The number of aryl methyl sites for hydroxylation is 1. The summed E-state index contributed by atoms with van der Waals surface area (Å²) in [7, 11) is 1.99. The maximum Gasteiger partial charge on any atom is 0.225 e. The van der Waals surface area contributed by atoms with Crippen molar-refractivity contribution in [1.82, 2.24) is 9.88 Å². The molecular weight excluding hydrogens is 270 g/mol. The quantitative estimate of drug-likeness (QED) is 0.859. The Morgan fingerprint density at radius 1 is 1.35 bits per heavy atom. The predicted molar refractivity (Wildman–Crippen MR) is 82.2 cm³/mol. The molecule has 0 spiro atoms. The average Bonchev–Trinajstić information content (AvgIpc) is 2.83. The Hall–Kier alpha value is -1.10. The fourth-order valence-corrected chi connectivity index (χ4v) is 3.87. The van der Waals surface area contributed by atoms with E-state index in [0.29, 0.717) is 17.9 Å². The van der Waals surface area contributed by atoms with E-state index in [0.717, 1.165) is 43.9 Å². The Labute approximate surface area is 124 Å². The maximum absolute atomic E-state index is 12.3. The zero-order valence-corrected chi connectivity index (χ0v) is 13.2. The Morgan fingerprint density at radius 2 is 2.05 bits per heavy atom. The second kappa shape index (κ2) is 5.72. The average molecular weight is 293 g/mol. The SMILES string of the molecule is Cc1cnc(N2CCC(N(C)C(=O)C3CCC3)CC2)s1. The first-order valence-corrected chi connectivity index (χ1v) is 8.41. The summed E-state index contributed by atoms with van der Waals surface area (Å²) >= 11 is 1.76. The molecule has 0 radical (unpaired) electrons. The summed E-state index contributed by atoms with van der Waals surface area (Å²) < 4.78 is 0. The predicted octanol–water partition coefficient (Wildman–Crippen LogP) is 2.68. The number of carbonyl (C=O) groups is 1. The van der Waals surface area contributed by atoms with Crippen LogP contribution in [0.5, 0.6) is 0 Å². The molecule has 0 N–H and O–H groups in total. The molecule has 5 heteroatoms. The zero-order valence-electron chi connectivity index (χ0n) is 12.3. The lowest BCUT2D eigenvalue weighted by atomic mass is 9.84. The van der Waals surface area contributed by atoms with Gasteiger partial charge in [0.1, 0.15) is 0 Å². The highest BCUT2D eigenvalue weighted by molar-refractivity contribution is 7.15. The number of amides is 1. The molecule has 2 fully saturated rings. The van der Waals surface area contributed by atoms with Gasteiger partial charge in [-0.05, 0) is 32.6 Å². The molecule has 1 saturated heterocycles. The molecule has 1 amide bonds. The van der Waals surface area contributed by atoms with Gasteiger partial charge in [0, 0.05) is 43.2 Å². The van der Waals surface area contributed by atoms with Crippen LogP contribution in [0.15, 0.2) is 6.20 Å². The summed E-state index contributed by atoms with van der Waals surface area (Å²) in [5, 5.41) is 1.13. The Balaban J connectivity index is 1.54. The van der Waals surface area contributed by atoms with E-state index < -0.39 is 0 Å². The first kappa shape index (κ1) is 13.9. The molecule has 1 saturated carbocycles. The van der Waals surface area contributed by atoms with Crippen LogP contribution < -0.4 is 4.90 Å². The molecule has 1 aromatic rings. The minimum Gasteiger partial charge on any atom is -0.348 e. The highest BCUT2D eigenvalue weighted by Crippen LogP contribution is 2.30. The van der Waals surface area contributed by atoms with E-state index in [2.05, 4.69) is 16.8 Å². The second-order valence-electron chi connectivity index (χ2n) is 6.05. The molecule has 2 aliphatic rings. The van der Waals surface area contributed by atoms with Crippen LogP contribution in [-0.2, 0) is 4.79 Å². The van der Waals surface area contributed by atoms with Gasteiger partial charge in [-0.3, -0.25) is 4.79 Å². The van der Waals surface area contributed by atoms with Crippen molar-refractivity contribution in [1.29, 1.82) is 0 Å². The van der Waals surface area contributed by atoms with Gasteiger partial charge in [-0.1, -0.05) is 6.42 Å². The van der Waals surface area contributed by atoms with Crippen LogP contribution in [0.3, 0.4) is 0 Å². The van der Waals surface area contributed by atoms with E-state index in [9.17, 15) is 4.79 Å². The van der Waals surface area contributed by atoms with Crippen LogP contribution in [0.25, 0.3) is 0 Å². The molecule has 0 aromatic carbocycles. The van der Waals surface area contributed by atoms with Crippen molar-refractivity contribution < 1.29 is 4.79 Å². The van der Waals surface area contributed by atoms with Gasteiger partial charge in [0.05, 0.1) is 0 Å². The molecular formula is C15H23N3OS. The topological polar surface area (TPSA) is 36.4 Å². The van der Waals surface area contributed by atoms with Gasteiger partial charge in [0.2, 0.25) is 5.91 Å². The molecule has 4 nitrogen and oxygen atoms in total. The van der Waals surface area contributed by atoms with Crippen LogP contribution in [0, 0.1) is 12.8 Å². The largest absolute Gasteiger partial charge is 0.348 e. The lowest BCUT2D eigenvalue weighted by Crippen LogP contribution is -2.48. The van der Waals surface area contributed by atoms with Gasteiger partial charge in [0.15, 0.2) is 5.13 Å². The highest BCUT2D eigenvalue weighted by Gasteiger charge is 2.32. The minimum absolute atomic E-state index is 0.319. The molecule has 20 heavy (non-hydrogen) atoms. The normalized spacial score (nSPS) is 20.8. The molecule has 1 aliphatic carbocycles. The third-order valence-corrected chi connectivity index (χ3v) is 5.67. The smallest absolute Gasteiger partial charge is 0.225 e. The van der Waals surface area contributed by atoms with Crippen molar-refractivity contribution in [3.63, 3.8) is 0 Å². The van der Waals surface area contributed by atoms with Gasteiger partial charge in [-0.25, -0.2) is 4.98 Å². The Kier molecular flexibility index (Phi) is 3.96. The van der Waals surface area contributed by atoms with Crippen molar-refractivity contribution in [3.8, 4) is 0 Å². The van der Waals surface area contributed by atoms with Crippen LogP contribution in [0.2, 0.25) is 0 Å². The highest BCUT2D eigenvalue weighted by atomic mass is 32.1. The summed E-state index contributed by atoms with van der Waals surface area (Å²) in [6.07, 6.45) is 7.49. The molecule has 3 rings (SSSR count). The van der Waals surface area contributed by atoms with Crippen molar-refractivity contribution in [2.75, 3.05) is 25.0 Å². The number of piperidine rings is 1. The number of carbonyl (C=O) groups excluding carboxylic acids is 1. The first-order chi connectivity index (χ1) is 9.65. The number of aromatic nitrogens is 1. The monoisotopic (exact) mass is 293 g/mol. The lowest BCUT2D eigenvalue weighted by Gasteiger charge is -2.39. The Bertz CT molecular complexity index is 475. The third kappa shape index (κ3) is 2.68. The van der Waals surface area contributed by atoms with Gasteiger partial charge in [-0.2, -0.15) is 0 Å². The minimum atomic E-state index is 0.319. The third-order valence-electron chi connectivity index (χ3n) is 4.69. The van der Waals surface area contributed by atoms with Gasteiger partial charge >= 0.3 is 0 Å². The second-order valence-corrected chi connectivity index (χ2v) is 7.26. The van der Waals surface area contributed by atoms with Gasteiger partial charge < -0.3 is 9.80 Å². The van der Waals surface area contributed by atoms with Crippen molar-refractivity contribution >= 4 is 22.4 Å². The molecule has 0 bridgehead atoms. The van der Waals surface area contributed by atoms with Gasteiger partial charge in [0.25, 0.3) is 0 Å². The Morgan fingerprint density at radius 3 is 2.55 bits per heavy atom. The van der Waals surface area contributed by atoms with Crippen molar-refractivity contribution in [3.05, 3.63) is 11.1 Å². The summed E-state index contributed by atoms with van der Waals surface area (Å²) in [5.74, 6) is 0.694. The summed E-state index contributed by atoms with van der Waals surface area (Å²) in [4.78, 5) is 22.4. The molecule has 1 aromatic heterocycles. The van der Waals surface area contributed by atoms with Crippen LogP contribution in [-0.4, -0.2) is 42.0 Å². The first-order valence-electron chi connectivity index (χ1n) is 7.59. The number of nitrogens with zero attached hydrogens (tertiary/aromatic N) is 3. The number of hydrogen-bond acceptors (Lipinski definition) is 4. The summed E-state index contributed by atoms with van der Waals surface area (Å²) in [5.41, 5.74) is 0. The fourth-order valence-electron chi connectivity index (χ4n) is 3.06.